The van der Waals surface area contributed by atoms with Crippen LogP contribution in [0.3, 0.4) is 0 Å². The highest BCUT2D eigenvalue weighted by atomic mass is 15.2. The summed E-state index contributed by atoms with van der Waals surface area (Å²) < 4.78 is 0. The van der Waals surface area contributed by atoms with Gasteiger partial charge in [-0.25, -0.2) is 4.98 Å². The van der Waals surface area contributed by atoms with Gasteiger partial charge in [0.2, 0.25) is 0 Å². The molecule has 0 radical (unpaired) electrons. The van der Waals surface area contributed by atoms with Gasteiger partial charge < -0.3 is 15.1 Å². The number of anilines is 1. The zero-order valence-electron chi connectivity index (χ0n) is 11.6. The number of hydrogen-bond acceptors (Lipinski definition) is 4. The van der Waals surface area contributed by atoms with E-state index in [-0.39, 0.29) is 0 Å². The molecular weight excluding hydrogens is 236 g/mol. The third kappa shape index (κ3) is 3.45. The van der Waals surface area contributed by atoms with Crippen LogP contribution in [0, 0.1) is 5.92 Å². The summed E-state index contributed by atoms with van der Waals surface area (Å²) in [4.78, 5) is 9.50. The summed E-state index contributed by atoms with van der Waals surface area (Å²) in [5, 5.41) is 3.42. The average molecular weight is 260 g/mol. The molecule has 3 heterocycles. The second-order valence-corrected chi connectivity index (χ2v) is 5.67. The van der Waals surface area contributed by atoms with Gasteiger partial charge in [0.1, 0.15) is 5.82 Å². The molecule has 0 aliphatic carbocycles. The Morgan fingerprint density at radius 2 is 1.89 bits per heavy atom. The maximum atomic E-state index is 4.45. The van der Waals surface area contributed by atoms with Crippen molar-refractivity contribution in [2.45, 2.75) is 12.8 Å². The van der Waals surface area contributed by atoms with Crippen LogP contribution in [0.2, 0.25) is 0 Å². The largest absolute Gasteiger partial charge is 0.357 e. The van der Waals surface area contributed by atoms with Crippen molar-refractivity contribution in [2.75, 3.05) is 50.7 Å². The number of pyridine rings is 1. The number of hydrogen-bond donors (Lipinski definition) is 1. The minimum absolute atomic E-state index is 0.873. The fraction of sp³-hybridized carbons (Fsp3) is 0.667. The first-order chi connectivity index (χ1) is 9.42. The van der Waals surface area contributed by atoms with Gasteiger partial charge in [0.25, 0.3) is 0 Å². The zero-order valence-corrected chi connectivity index (χ0v) is 11.6. The lowest BCUT2D eigenvalue weighted by molar-refractivity contribution is 0.190. The fourth-order valence-electron chi connectivity index (χ4n) is 3.14. The Bertz CT molecular complexity index is 367. The van der Waals surface area contributed by atoms with Crippen molar-refractivity contribution in [1.29, 1.82) is 0 Å². The Kier molecular flexibility index (Phi) is 4.30. The second-order valence-electron chi connectivity index (χ2n) is 5.67. The molecule has 0 unspecified atom stereocenters. The van der Waals surface area contributed by atoms with Crippen LogP contribution in [0.1, 0.15) is 12.8 Å². The van der Waals surface area contributed by atoms with E-state index in [1.54, 1.807) is 0 Å². The second kappa shape index (κ2) is 6.35. The predicted molar refractivity (Wildman–Crippen MR) is 78.5 cm³/mol. The molecule has 1 N–H and O–H groups in total. The van der Waals surface area contributed by atoms with Crippen molar-refractivity contribution in [3.8, 4) is 0 Å². The van der Waals surface area contributed by atoms with Crippen molar-refractivity contribution >= 4 is 5.82 Å². The molecule has 3 rings (SSSR count). The Morgan fingerprint density at radius 3 is 2.58 bits per heavy atom. The number of piperazine rings is 1. The van der Waals surface area contributed by atoms with E-state index < -0.39 is 0 Å². The number of piperidine rings is 1. The Labute approximate surface area is 115 Å². The van der Waals surface area contributed by atoms with E-state index in [1.807, 2.05) is 12.3 Å². The van der Waals surface area contributed by atoms with Gasteiger partial charge >= 0.3 is 0 Å². The lowest BCUT2D eigenvalue weighted by Crippen LogP contribution is -2.47. The Hall–Kier alpha value is -1.13. The summed E-state index contributed by atoms with van der Waals surface area (Å²) in [5.74, 6) is 2.01. The number of rotatable bonds is 3. The first-order valence-corrected chi connectivity index (χ1v) is 7.51. The van der Waals surface area contributed by atoms with Crippen LogP contribution in [0.4, 0.5) is 5.82 Å². The van der Waals surface area contributed by atoms with Crippen molar-refractivity contribution in [2.24, 2.45) is 5.92 Å². The molecule has 0 amide bonds. The predicted octanol–water partition coefficient (Wildman–Crippen LogP) is 1.20. The highest BCUT2D eigenvalue weighted by Crippen LogP contribution is 2.22. The van der Waals surface area contributed by atoms with Gasteiger partial charge in [-0.2, -0.15) is 0 Å². The molecule has 1 aromatic heterocycles. The van der Waals surface area contributed by atoms with E-state index >= 15 is 0 Å². The van der Waals surface area contributed by atoms with E-state index in [1.165, 1.54) is 32.5 Å². The van der Waals surface area contributed by atoms with Crippen LogP contribution >= 0.6 is 0 Å². The van der Waals surface area contributed by atoms with Crippen molar-refractivity contribution in [3.05, 3.63) is 24.4 Å². The molecule has 2 aliphatic heterocycles. The molecule has 0 saturated carbocycles. The standard InChI is InChI=1S/C15H24N4/c1-2-6-17-15(3-1)19-9-4-14(5-10-19)13-18-11-7-16-8-12-18/h1-3,6,14,16H,4-5,7-13H2. The molecule has 4 nitrogen and oxygen atoms in total. The molecular formula is C15H24N4. The minimum Gasteiger partial charge on any atom is -0.357 e. The molecule has 104 valence electrons. The number of nitrogens with one attached hydrogen (secondary N) is 1. The van der Waals surface area contributed by atoms with Gasteiger partial charge in [-0.15, -0.1) is 0 Å². The summed E-state index contributed by atoms with van der Waals surface area (Å²) in [7, 11) is 0. The third-order valence-corrected chi connectivity index (χ3v) is 4.31. The van der Waals surface area contributed by atoms with Crippen LogP contribution in [0.25, 0.3) is 0 Å². The molecule has 2 aliphatic rings. The molecule has 19 heavy (non-hydrogen) atoms. The number of aromatic nitrogens is 1. The molecule has 2 saturated heterocycles. The monoisotopic (exact) mass is 260 g/mol. The third-order valence-electron chi connectivity index (χ3n) is 4.31. The van der Waals surface area contributed by atoms with Crippen LogP contribution in [0.15, 0.2) is 24.4 Å². The Balaban J connectivity index is 1.46. The van der Waals surface area contributed by atoms with Crippen LogP contribution in [-0.2, 0) is 0 Å². The van der Waals surface area contributed by atoms with Gasteiger partial charge in [-0.05, 0) is 30.9 Å². The highest BCUT2D eigenvalue weighted by molar-refractivity contribution is 5.37. The van der Waals surface area contributed by atoms with Crippen LogP contribution in [-0.4, -0.2) is 55.7 Å². The molecule has 0 atom stereocenters. The van der Waals surface area contributed by atoms with E-state index in [2.05, 4.69) is 32.2 Å². The highest BCUT2D eigenvalue weighted by Gasteiger charge is 2.22. The maximum absolute atomic E-state index is 4.45. The fourth-order valence-corrected chi connectivity index (χ4v) is 3.14. The van der Waals surface area contributed by atoms with Crippen molar-refractivity contribution < 1.29 is 0 Å². The van der Waals surface area contributed by atoms with Gasteiger partial charge in [0, 0.05) is 52.0 Å². The lowest BCUT2D eigenvalue weighted by Gasteiger charge is -2.36. The summed E-state index contributed by atoms with van der Waals surface area (Å²) in [6.07, 6.45) is 4.50. The van der Waals surface area contributed by atoms with Crippen LogP contribution < -0.4 is 10.2 Å². The molecule has 2 fully saturated rings. The minimum atomic E-state index is 0.873. The SMILES string of the molecule is c1ccc(N2CCC(CN3CCNCC3)CC2)nc1. The Morgan fingerprint density at radius 1 is 1.11 bits per heavy atom. The summed E-state index contributed by atoms with van der Waals surface area (Å²) in [5.41, 5.74) is 0. The van der Waals surface area contributed by atoms with E-state index in [4.69, 9.17) is 0 Å². The molecule has 0 aromatic carbocycles. The summed E-state index contributed by atoms with van der Waals surface area (Å²) >= 11 is 0. The van der Waals surface area contributed by atoms with E-state index in [0.29, 0.717) is 0 Å². The smallest absolute Gasteiger partial charge is 0.128 e. The van der Waals surface area contributed by atoms with Gasteiger partial charge in [-0.3, -0.25) is 0 Å². The first-order valence-electron chi connectivity index (χ1n) is 7.51. The summed E-state index contributed by atoms with van der Waals surface area (Å²) in [6.45, 7) is 8.37. The van der Waals surface area contributed by atoms with Crippen LogP contribution in [0.5, 0.6) is 0 Å². The van der Waals surface area contributed by atoms with E-state index in [0.717, 1.165) is 37.9 Å². The molecule has 1 aromatic rings. The van der Waals surface area contributed by atoms with Gasteiger partial charge in [0.05, 0.1) is 0 Å². The zero-order chi connectivity index (χ0) is 12.9. The quantitative estimate of drug-likeness (QED) is 0.885. The lowest BCUT2D eigenvalue weighted by atomic mass is 9.96. The van der Waals surface area contributed by atoms with Gasteiger partial charge in [0.15, 0.2) is 0 Å². The molecule has 0 spiro atoms. The average Bonchev–Trinajstić information content (AvgIpc) is 2.50. The normalized spacial score (nSPS) is 22.6. The topological polar surface area (TPSA) is 31.4 Å². The molecule has 4 heteroatoms. The van der Waals surface area contributed by atoms with E-state index in [9.17, 15) is 0 Å². The van der Waals surface area contributed by atoms with Gasteiger partial charge in [-0.1, -0.05) is 6.07 Å². The molecule has 0 bridgehead atoms. The summed E-state index contributed by atoms with van der Waals surface area (Å²) in [6, 6.07) is 6.19. The maximum Gasteiger partial charge on any atom is 0.128 e. The van der Waals surface area contributed by atoms with Crippen molar-refractivity contribution in [1.82, 2.24) is 15.2 Å². The number of nitrogens with zero attached hydrogens (tertiary/aromatic N) is 3. The first kappa shape index (κ1) is 12.9. The van der Waals surface area contributed by atoms with Crippen molar-refractivity contribution in [3.63, 3.8) is 0 Å².